The SMILES string of the molecule is COC(=O)c1ccc(C(=O)OC)c([C@H](N)CN)c1. The summed E-state index contributed by atoms with van der Waals surface area (Å²) < 4.78 is 9.25. The maximum atomic E-state index is 11.6. The van der Waals surface area contributed by atoms with Crippen molar-refractivity contribution in [2.24, 2.45) is 11.5 Å². The molecule has 1 aromatic rings. The molecule has 0 fully saturated rings. The van der Waals surface area contributed by atoms with E-state index in [1.165, 1.54) is 32.4 Å². The van der Waals surface area contributed by atoms with Crippen molar-refractivity contribution >= 4 is 11.9 Å². The highest BCUT2D eigenvalue weighted by molar-refractivity contribution is 5.95. The van der Waals surface area contributed by atoms with E-state index in [1.54, 1.807) is 0 Å². The molecule has 0 amide bonds. The van der Waals surface area contributed by atoms with Crippen LogP contribution < -0.4 is 11.5 Å². The molecule has 0 saturated heterocycles. The van der Waals surface area contributed by atoms with Crippen LogP contribution in [0.2, 0.25) is 0 Å². The number of hydrogen-bond donors (Lipinski definition) is 2. The fraction of sp³-hybridized carbons (Fsp3) is 0.333. The molecule has 0 saturated carbocycles. The van der Waals surface area contributed by atoms with Gasteiger partial charge in [0.1, 0.15) is 0 Å². The first-order chi connectivity index (χ1) is 8.54. The summed E-state index contributed by atoms with van der Waals surface area (Å²) in [7, 11) is 2.55. The smallest absolute Gasteiger partial charge is 0.338 e. The summed E-state index contributed by atoms with van der Waals surface area (Å²) >= 11 is 0. The molecule has 1 aromatic carbocycles. The standard InChI is InChI=1S/C12H16N2O4/c1-17-11(15)7-3-4-8(12(16)18-2)9(5-7)10(14)6-13/h3-5,10H,6,13-14H2,1-2H3/t10-/m1/s1. The molecular formula is C12H16N2O4. The van der Waals surface area contributed by atoms with Crippen molar-refractivity contribution in [3.05, 3.63) is 34.9 Å². The first-order valence-corrected chi connectivity index (χ1v) is 5.31. The maximum absolute atomic E-state index is 11.6. The molecule has 4 N–H and O–H groups in total. The summed E-state index contributed by atoms with van der Waals surface area (Å²) in [5.74, 6) is -1.03. The van der Waals surface area contributed by atoms with Gasteiger partial charge in [0.25, 0.3) is 0 Å². The van der Waals surface area contributed by atoms with Crippen LogP contribution in [-0.4, -0.2) is 32.7 Å². The van der Waals surface area contributed by atoms with E-state index in [4.69, 9.17) is 11.5 Å². The van der Waals surface area contributed by atoms with E-state index in [0.29, 0.717) is 16.7 Å². The topological polar surface area (TPSA) is 105 Å². The van der Waals surface area contributed by atoms with E-state index >= 15 is 0 Å². The Bertz CT molecular complexity index is 459. The Morgan fingerprint density at radius 2 is 1.83 bits per heavy atom. The fourth-order valence-corrected chi connectivity index (χ4v) is 1.54. The van der Waals surface area contributed by atoms with Crippen molar-refractivity contribution in [1.82, 2.24) is 0 Å². The number of rotatable bonds is 4. The van der Waals surface area contributed by atoms with Gasteiger partial charge in [-0.3, -0.25) is 0 Å². The molecular weight excluding hydrogens is 236 g/mol. The number of methoxy groups -OCH3 is 2. The Kier molecular flexibility index (Phi) is 4.82. The Hall–Kier alpha value is -1.92. The lowest BCUT2D eigenvalue weighted by Crippen LogP contribution is -2.24. The second-order valence-electron chi connectivity index (χ2n) is 3.63. The highest BCUT2D eigenvalue weighted by Crippen LogP contribution is 2.19. The van der Waals surface area contributed by atoms with Crippen LogP contribution in [-0.2, 0) is 9.47 Å². The van der Waals surface area contributed by atoms with E-state index in [2.05, 4.69) is 9.47 Å². The van der Waals surface area contributed by atoms with Gasteiger partial charge in [-0.1, -0.05) is 0 Å². The molecule has 0 bridgehead atoms. The summed E-state index contributed by atoms with van der Waals surface area (Å²) in [6, 6.07) is 3.90. The van der Waals surface area contributed by atoms with E-state index < -0.39 is 18.0 Å². The van der Waals surface area contributed by atoms with Crippen molar-refractivity contribution in [2.45, 2.75) is 6.04 Å². The lowest BCUT2D eigenvalue weighted by molar-refractivity contribution is 0.0585. The Morgan fingerprint density at radius 3 is 2.33 bits per heavy atom. The second kappa shape index (κ2) is 6.13. The third-order valence-corrected chi connectivity index (χ3v) is 2.53. The van der Waals surface area contributed by atoms with E-state index in [0.717, 1.165) is 0 Å². The van der Waals surface area contributed by atoms with Gasteiger partial charge in [-0.15, -0.1) is 0 Å². The first-order valence-electron chi connectivity index (χ1n) is 5.31. The van der Waals surface area contributed by atoms with Crippen LogP contribution in [0.3, 0.4) is 0 Å². The van der Waals surface area contributed by atoms with Gasteiger partial charge in [0, 0.05) is 12.6 Å². The zero-order chi connectivity index (χ0) is 13.7. The summed E-state index contributed by atoms with van der Waals surface area (Å²) in [4.78, 5) is 23.0. The molecule has 0 aromatic heterocycles. The molecule has 0 aliphatic heterocycles. The number of esters is 2. The number of hydrogen-bond acceptors (Lipinski definition) is 6. The Balaban J connectivity index is 3.29. The van der Waals surface area contributed by atoms with E-state index in [9.17, 15) is 9.59 Å². The monoisotopic (exact) mass is 252 g/mol. The fourth-order valence-electron chi connectivity index (χ4n) is 1.54. The molecule has 1 rings (SSSR count). The minimum Gasteiger partial charge on any atom is -0.465 e. The number of benzene rings is 1. The summed E-state index contributed by atoms with van der Waals surface area (Å²) in [5.41, 5.74) is 12.4. The lowest BCUT2D eigenvalue weighted by atomic mass is 9.98. The maximum Gasteiger partial charge on any atom is 0.338 e. The van der Waals surface area contributed by atoms with Crippen LogP contribution in [0.5, 0.6) is 0 Å². The van der Waals surface area contributed by atoms with Gasteiger partial charge in [-0.25, -0.2) is 9.59 Å². The third kappa shape index (κ3) is 2.85. The zero-order valence-corrected chi connectivity index (χ0v) is 10.3. The van der Waals surface area contributed by atoms with Gasteiger partial charge < -0.3 is 20.9 Å². The third-order valence-electron chi connectivity index (χ3n) is 2.53. The lowest BCUT2D eigenvalue weighted by Gasteiger charge is -2.14. The molecule has 6 heteroatoms. The van der Waals surface area contributed by atoms with Gasteiger partial charge in [0.15, 0.2) is 0 Å². The minimum absolute atomic E-state index is 0.147. The van der Waals surface area contributed by atoms with Crippen molar-refractivity contribution in [1.29, 1.82) is 0 Å². The number of ether oxygens (including phenoxy) is 2. The molecule has 0 aliphatic rings. The largest absolute Gasteiger partial charge is 0.465 e. The number of carbonyl (C=O) groups is 2. The van der Waals surface area contributed by atoms with Gasteiger partial charge in [-0.2, -0.15) is 0 Å². The van der Waals surface area contributed by atoms with Crippen molar-refractivity contribution < 1.29 is 19.1 Å². The molecule has 0 spiro atoms. The van der Waals surface area contributed by atoms with Crippen molar-refractivity contribution in [2.75, 3.05) is 20.8 Å². The average Bonchev–Trinajstić information content (AvgIpc) is 2.43. The van der Waals surface area contributed by atoms with Crippen molar-refractivity contribution in [3.8, 4) is 0 Å². The zero-order valence-electron chi connectivity index (χ0n) is 10.3. The van der Waals surface area contributed by atoms with Gasteiger partial charge in [-0.05, 0) is 23.8 Å². The van der Waals surface area contributed by atoms with Gasteiger partial charge in [0.05, 0.1) is 25.3 Å². The summed E-state index contributed by atoms with van der Waals surface area (Å²) in [6.07, 6.45) is 0. The van der Waals surface area contributed by atoms with Crippen molar-refractivity contribution in [3.63, 3.8) is 0 Å². The number of nitrogens with two attached hydrogens (primary N) is 2. The Morgan fingerprint density at radius 1 is 1.22 bits per heavy atom. The predicted molar refractivity (Wildman–Crippen MR) is 65.1 cm³/mol. The minimum atomic E-state index is -0.552. The molecule has 1 atom stereocenters. The van der Waals surface area contributed by atoms with Crippen LogP contribution >= 0.6 is 0 Å². The van der Waals surface area contributed by atoms with Crippen LogP contribution in [0.15, 0.2) is 18.2 Å². The summed E-state index contributed by atoms with van der Waals surface area (Å²) in [6.45, 7) is 0.147. The first kappa shape index (κ1) is 14.1. The second-order valence-corrected chi connectivity index (χ2v) is 3.63. The average molecular weight is 252 g/mol. The molecule has 98 valence electrons. The van der Waals surface area contributed by atoms with E-state index in [-0.39, 0.29) is 6.54 Å². The highest BCUT2D eigenvalue weighted by atomic mass is 16.5. The van der Waals surface area contributed by atoms with Crippen LogP contribution in [0, 0.1) is 0 Å². The molecule has 0 heterocycles. The molecule has 0 unspecified atom stereocenters. The number of carbonyl (C=O) groups excluding carboxylic acids is 2. The van der Waals surface area contributed by atoms with Crippen LogP contribution in [0.1, 0.15) is 32.3 Å². The molecule has 18 heavy (non-hydrogen) atoms. The van der Waals surface area contributed by atoms with E-state index in [1.807, 2.05) is 0 Å². The van der Waals surface area contributed by atoms with Crippen LogP contribution in [0.4, 0.5) is 0 Å². The van der Waals surface area contributed by atoms with Gasteiger partial charge in [0.2, 0.25) is 0 Å². The quantitative estimate of drug-likeness (QED) is 0.743. The van der Waals surface area contributed by atoms with Crippen LogP contribution in [0.25, 0.3) is 0 Å². The highest BCUT2D eigenvalue weighted by Gasteiger charge is 2.18. The van der Waals surface area contributed by atoms with Gasteiger partial charge >= 0.3 is 11.9 Å². The molecule has 0 radical (unpaired) electrons. The molecule has 0 aliphatic carbocycles. The Labute approximate surface area is 105 Å². The molecule has 6 nitrogen and oxygen atoms in total. The normalized spacial score (nSPS) is 11.8. The predicted octanol–water partition coefficient (Wildman–Crippen LogP) is 0.218. The summed E-state index contributed by atoms with van der Waals surface area (Å²) in [5, 5.41) is 0.